The number of aromatic amines is 1. The third-order valence-corrected chi connectivity index (χ3v) is 7.85. The second-order valence-electron chi connectivity index (χ2n) is 10.6. The average Bonchev–Trinajstić information content (AvgIpc) is 3.31. The summed E-state index contributed by atoms with van der Waals surface area (Å²) >= 11 is 6.03. The van der Waals surface area contributed by atoms with Crippen LogP contribution in [-0.4, -0.2) is 42.5 Å². The molecule has 5 rings (SSSR count). The second kappa shape index (κ2) is 10.1. The highest BCUT2D eigenvalue weighted by Gasteiger charge is 2.52. The molecule has 2 N–H and O–H groups in total. The van der Waals surface area contributed by atoms with E-state index in [2.05, 4.69) is 34.6 Å². The van der Waals surface area contributed by atoms with Crippen LogP contribution in [-0.2, 0) is 14.0 Å². The lowest BCUT2D eigenvalue weighted by Gasteiger charge is -2.32. The highest BCUT2D eigenvalue weighted by molar-refractivity contribution is 6.56. The number of fused-ring (bicyclic) bond motifs is 3. The fourth-order valence-corrected chi connectivity index (χ4v) is 4.97. The van der Waals surface area contributed by atoms with Crippen molar-refractivity contribution in [2.45, 2.75) is 44.8 Å². The van der Waals surface area contributed by atoms with Gasteiger partial charge in [0.2, 0.25) is 0 Å². The molecule has 1 aromatic heterocycles. The topological polar surface area (TPSA) is 89.7 Å². The molecule has 9 heteroatoms. The Morgan fingerprint density at radius 2 is 1.63 bits per heavy atom. The molecule has 0 spiro atoms. The highest BCUT2D eigenvalue weighted by Crippen LogP contribution is 2.44. The van der Waals surface area contributed by atoms with Gasteiger partial charge >= 0.3 is 13.2 Å². The third-order valence-electron chi connectivity index (χ3n) is 7.57. The van der Waals surface area contributed by atoms with E-state index < -0.39 is 24.4 Å². The molecular formula is C29H30BClN2O5. The molecule has 1 fully saturated rings. The van der Waals surface area contributed by atoms with Crippen LogP contribution >= 0.6 is 11.6 Å². The molecule has 0 saturated carbocycles. The van der Waals surface area contributed by atoms with Crippen molar-refractivity contribution in [3.05, 3.63) is 98.3 Å². The van der Waals surface area contributed by atoms with Gasteiger partial charge in [0.15, 0.2) is 0 Å². The van der Waals surface area contributed by atoms with Gasteiger partial charge in [-0.1, -0.05) is 66.2 Å². The third kappa shape index (κ3) is 5.04. The van der Waals surface area contributed by atoms with E-state index in [9.17, 15) is 9.59 Å². The van der Waals surface area contributed by atoms with E-state index in [1.165, 1.54) is 11.1 Å². The zero-order valence-corrected chi connectivity index (χ0v) is 22.6. The van der Waals surface area contributed by atoms with Gasteiger partial charge < -0.3 is 24.3 Å². The van der Waals surface area contributed by atoms with Gasteiger partial charge in [-0.25, -0.2) is 4.79 Å². The van der Waals surface area contributed by atoms with E-state index in [-0.39, 0.29) is 29.7 Å². The van der Waals surface area contributed by atoms with Crippen LogP contribution in [0.1, 0.15) is 50.3 Å². The first-order valence-corrected chi connectivity index (χ1v) is 13.0. The predicted octanol–water partition coefficient (Wildman–Crippen LogP) is 5.58. The summed E-state index contributed by atoms with van der Waals surface area (Å²) in [6.07, 6.45) is 2.79. The average molecular weight is 533 g/mol. The van der Waals surface area contributed by atoms with Crippen LogP contribution in [0.15, 0.2) is 71.1 Å². The van der Waals surface area contributed by atoms with Crippen molar-refractivity contribution in [2.75, 3.05) is 13.2 Å². The Bertz CT molecular complexity index is 1400. The summed E-state index contributed by atoms with van der Waals surface area (Å²) in [4.78, 5) is 27.1. The zero-order valence-electron chi connectivity index (χ0n) is 21.8. The van der Waals surface area contributed by atoms with Crippen LogP contribution in [0, 0.1) is 0 Å². The summed E-state index contributed by atoms with van der Waals surface area (Å²) in [6.45, 7) is 8.16. The molecule has 3 aromatic rings. The van der Waals surface area contributed by atoms with Gasteiger partial charge in [-0.3, -0.25) is 4.79 Å². The number of halogens is 1. The lowest BCUT2D eigenvalue weighted by atomic mass is 9.77. The van der Waals surface area contributed by atoms with Crippen LogP contribution < -0.4 is 10.9 Å². The van der Waals surface area contributed by atoms with Crippen molar-refractivity contribution < 1.29 is 18.8 Å². The molecule has 196 valence electrons. The van der Waals surface area contributed by atoms with Crippen LogP contribution in [0.2, 0.25) is 5.02 Å². The number of rotatable bonds is 6. The summed E-state index contributed by atoms with van der Waals surface area (Å²) in [7, 11) is -0.709. The molecule has 38 heavy (non-hydrogen) atoms. The number of hydrogen-bond donors (Lipinski definition) is 2. The minimum atomic E-state index is -0.709. The Kier molecular flexibility index (Phi) is 6.98. The molecule has 0 radical (unpaired) electrons. The summed E-state index contributed by atoms with van der Waals surface area (Å²) in [5, 5.41) is 2.90. The number of benzene rings is 2. The summed E-state index contributed by atoms with van der Waals surface area (Å²) in [5.41, 5.74) is 4.42. The number of alkyl carbamates (subject to hydrolysis) is 1. The Hall–Kier alpha value is -3.33. The quantitative estimate of drug-likeness (QED) is 0.405. The molecule has 0 unspecified atom stereocenters. The molecule has 2 heterocycles. The van der Waals surface area contributed by atoms with Gasteiger partial charge in [0.1, 0.15) is 11.6 Å². The Morgan fingerprint density at radius 3 is 2.21 bits per heavy atom. The first-order chi connectivity index (χ1) is 18.1. The number of H-pyrrole nitrogens is 1. The first kappa shape index (κ1) is 26.3. The molecule has 0 bridgehead atoms. The molecule has 0 atom stereocenters. The summed E-state index contributed by atoms with van der Waals surface area (Å²) in [5.74, 6) is -0.0328. The molecule has 1 saturated heterocycles. The van der Waals surface area contributed by atoms with Crippen LogP contribution in [0.5, 0.6) is 0 Å². The van der Waals surface area contributed by atoms with E-state index in [1.807, 2.05) is 52.0 Å². The maximum Gasteiger partial charge on any atom is 0.492 e. The second-order valence-corrected chi connectivity index (χ2v) is 11.0. The SMILES string of the molecule is CC1(C)OB(C(=Cc2c[nH]c(=O)c(Cl)c2)CNC(=O)OCC2c3ccccc3-c3ccccc32)OC1(C)C. The maximum atomic E-state index is 12.8. The van der Waals surface area contributed by atoms with E-state index in [1.54, 1.807) is 18.3 Å². The van der Waals surface area contributed by atoms with Gasteiger partial charge in [0, 0.05) is 18.7 Å². The van der Waals surface area contributed by atoms with Gasteiger partial charge in [-0.2, -0.15) is 0 Å². The van der Waals surface area contributed by atoms with Crippen LogP contribution in [0.4, 0.5) is 4.79 Å². The van der Waals surface area contributed by atoms with Gasteiger partial charge in [0.05, 0.1) is 11.2 Å². The smallest absolute Gasteiger partial charge is 0.449 e. The minimum absolute atomic E-state index is 0.0328. The van der Waals surface area contributed by atoms with Crippen molar-refractivity contribution in [3.63, 3.8) is 0 Å². The molecule has 2 aromatic carbocycles. The fourth-order valence-electron chi connectivity index (χ4n) is 4.79. The van der Waals surface area contributed by atoms with Crippen molar-refractivity contribution in [2.24, 2.45) is 0 Å². The van der Waals surface area contributed by atoms with E-state index in [0.717, 1.165) is 11.1 Å². The molecule has 1 aliphatic carbocycles. The van der Waals surface area contributed by atoms with Crippen molar-refractivity contribution in [1.82, 2.24) is 10.3 Å². The van der Waals surface area contributed by atoms with Gasteiger partial charge in [-0.15, -0.1) is 0 Å². The number of pyridine rings is 1. The Morgan fingerprint density at radius 1 is 1.05 bits per heavy atom. The fraction of sp³-hybridized carbons (Fsp3) is 0.310. The zero-order chi connectivity index (χ0) is 27.1. The Labute approximate surface area is 227 Å². The monoisotopic (exact) mass is 532 g/mol. The van der Waals surface area contributed by atoms with Crippen LogP contribution in [0.25, 0.3) is 17.2 Å². The first-order valence-electron chi connectivity index (χ1n) is 12.6. The van der Waals surface area contributed by atoms with Crippen molar-refractivity contribution in [1.29, 1.82) is 0 Å². The predicted molar refractivity (Wildman–Crippen MR) is 149 cm³/mol. The van der Waals surface area contributed by atoms with Gasteiger partial charge in [-0.05, 0) is 67.1 Å². The Balaban J connectivity index is 1.31. The molecular weight excluding hydrogens is 503 g/mol. The normalized spacial score (nSPS) is 17.7. The van der Waals surface area contributed by atoms with E-state index in [0.29, 0.717) is 11.0 Å². The molecule has 1 amide bonds. The summed E-state index contributed by atoms with van der Waals surface area (Å²) in [6, 6.07) is 17.9. The highest BCUT2D eigenvalue weighted by atomic mass is 35.5. The lowest BCUT2D eigenvalue weighted by Crippen LogP contribution is -2.41. The largest absolute Gasteiger partial charge is 0.492 e. The maximum absolute atomic E-state index is 12.8. The number of carbonyl (C=O) groups excluding carboxylic acids is 1. The summed E-state index contributed by atoms with van der Waals surface area (Å²) < 4.78 is 18.1. The number of hydrogen-bond acceptors (Lipinski definition) is 5. The molecule has 7 nitrogen and oxygen atoms in total. The number of nitrogens with one attached hydrogen (secondary N) is 2. The molecule has 2 aliphatic rings. The molecule has 1 aliphatic heterocycles. The number of carbonyl (C=O) groups is 1. The lowest BCUT2D eigenvalue weighted by molar-refractivity contribution is 0.00578. The standard InChI is InChI=1S/C29H30BClN2O5/c1-28(2)29(3,4)38-30(37-28)19(13-18-14-25(31)26(34)32-15-18)16-33-27(35)36-17-24-22-11-7-5-9-20(22)21-10-6-8-12-23(21)24/h5-15,24H,16-17H2,1-4H3,(H,32,34)(H,33,35). The van der Waals surface area contributed by atoms with E-state index >= 15 is 0 Å². The van der Waals surface area contributed by atoms with E-state index in [4.69, 9.17) is 25.6 Å². The number of ether oxygens (including phenoxy) is 1. The van der Waals surface area contributed by atoms with Gasteiger partial charge in [0.25, 0.3) is 5.56 Å². The number of aromatic nitrogens is 1. The van der Waals surface area contributed by atoms with Crippen molar-refractivity contribution >= 4 is 30.9 Å². The minimum Gasteiger partial charge on any atom is -0.449 e. The van der Waals surface area contributed by atoms with Crippen LogP contribution in [0.3, 0.4) is 0 Å². The van der Waals surface area contributed by atoms with Crippen molar-refractivity contribution in [3.8, 4) is 11.1 Å². The number of amides is 1.